The molecule has 2 rings (SSSR count). The van der Waals surface area contributed by atoms with Gasteiger partial charge in [-0.15, -0.1) is 12.6 Å². The first-order valence-electron chi connectivity index (χ1n) is 11.3. The molecule has 0 saturated heterocycles. The highest BCUT2D eigenvalue weighted by Gasteiger charge is 2.17. The van der Waals surface area contributed by atoms with Gasteiger partial charge in [0, 0.05) is 36.5 Å². The lowest BCUT2D eigenvalue weighted by atomic mass is 10.00. The number of rotatable bonds is 18. The van der Waals surface area contributed by atoms with E-state index in [1.807, 2.05) is 30.3 Å². The number of nitrogens with zero attached hydrogens (tertiary/aromatic N) is 1. The third-order valence-corrected chi connectivity index (χ3v) is 8.65. The van der Waals surface area contributed by atoms with Crippen molar-refractivity contribution in [3.8, 4) is 11.1 Å². The van der Waals surface area contributed by atoms with Gasteiger partial charge in [-0.25, -0.2) is 4.72 Å². The summed E-state index contributed by atoms with van der Waals surface area (Å²) < 4.78 is 5.96. The summed E-state index contributed by atoms with van der Waals surface area (Å²) in [4.78, 5) is 41.2. The molecule has 0 fully saturated rings. The van der Waals surface area contributed by atoms with Gasteiger partial charge < -0.3 is 15.7 Å². The van der Waals surface area contributed by atoms with Crippen molar-refractivity contribution in [2.75, 3.05) is 37.0 Å². The van der Waals surface area contributed by atoms with E-state index in [4.69, 9.17) is 17.3 Å². The van der Waals surface area contributed by atoms with E-state index >= 15 is 0 Å². The Kier molecular flexibility index (Phi) is 16.4. The maximum Gasteiger partial charge on any atom is 0.269 e. The summed E-state index contributed by atoms with van der Waals surface area (Å²) in [5.74, 6) is 0.791. The zero-order valence-electron chi connectivity index (χ0n) is 20.2. The molecular weight excluding hydrogens is 603 g/mol. The zero-order valence-corrected chi connectivity index (χ0v) is 25.2. The fourth-order valence-corrected chi connectivity index (χ4v) is 6.19. The van der Waals surface area contributed by atoms with Crippen molar-refractivity contribution in [1.29, 1.82) is 0 Å². The second-order valence-electron chi connectivity index (χ2n) is 7.48. The summed E-state index contributed by atoms with van der Waals surface area (Å²) in [6.07, 6.45) is 1.41. The van der Waals surface area contributed by atoms with Crippen LogP contribution < -0.4 is 20.1 Å². The van der Waals surface area contributed by atoms with Crippen LogP contribution in [0.25, 0.3) is 11.1 Å². The molecule has 0 bridgehead atoms. The first kappa shape index (κ1) is 32.9. The Bertz CT molecular complexity index is 1070. The van der Waals surface area contributed by atoms with Crippen LogP contribution in [0.1, 0.15) is 20.8 Å². The number of benzene rings is 1. The van der Waals surface area contributed by atoms with Crippen molar-refractivity contribution in [3.05, 3.63) is 53.9 Å². The monoisotopic (exact) mass is 631 g/mol. The lowest BCUT2D eigenvalue weighted by Gasteiger charge is -2.13. The number of pyridine rings is 1. The Labute approximate surface area is 250 Å². The summed E-state index contributed by atoms with van der Waals surface area (Å²) in [5, 5.41) is 16.0. The van der Waals surface area contributed by atoms with Gasteiger partial charge in [-0.1, -0.05) is 65.3 Å². The SMILES string of the molecule is O=C(NCCSN[C@@H](CS)C(=O)S)c1cc(-c2ccccc2)c(C(=O)NCCSSN[C@@H](C=S)CO)cn1. The first-order chi connectivity index (χ1) is 18.4. The Morgan fingerprint density at radius 3 is 2.45 bits per heavy atom. The maximum absolute atomic E-state index is 12.9. The second-order valence-corrected chi connectivity index (χ2v) is 11.7. The van der Waals surface area contributed by atoms with E-state index in [-0.39, 0.29) is 35.3 Å². The topological polar surface area (TPSA) is 132 Å². The second kappa shape index (κ2) is 18.9. The number of nitrogens with one attached hydrogen (secondary N) is 4. The van der Waals surface area contributed by atoms with Gasteiger partial charge >= 0.3 is 0 Å². The summed E-state index contributed by atoms with van der Waals surface area (Å²) in [6, 6.07) is 10.2. The Hall–Kier alpha value is -1.30. The molecule has 15 heteroatoms. The Morgan fingerprint density at radius 1 is 1.08 bits per heavy atom. The predicted molar refractivity (Wildman–Crippen MR) is 169 cm³/mol. The molecule has 2 aromatic rings. The minimum absolute atomic E-state index is 0.0807. The van der Waals surface area contributed by atoms with E-state index < -0.39 is 6.04 Å². The van der Waals surface area contributed by atoms with Crippen molar-refractivity contribution in [2.45, 2.75) is 12.1 Å². The molecular formula is C23H29N5O4S6. The minimum atomic E-state index is -0.473. The van der Waals surface area contributed by atoms with Crippen molar-refractivity contribution >= 4 is 93.5 Å². The molecule has 2 amide bonds. The number of thiocarbonyl (C=S) groups is 1. The number of aromatic nitrogens is 1. The van der Waals surface area contributed by atoms with Crippen LogP contribution in [0.4, 0.5) is 0 Å². The van der Waals surface area contributed by atoms with Gasteiger partial charge in [-0.3, -0.25) is 24.1 Å². The van der Waals surface area contributed by atoms with Crippen LogP contribution in [0, 0.1) is 0 Å². The van der Waals surface area contributed by atoms with Crippen molar-refractivity contribution in [3.63, 3.8) is 0 Å². The van der Waals surface area contributed by atoms with Crippen molar-refractivity contribution in [1.82, 2.24) is 25.1 Å². The highest BCUT2D eigenvalue weighted by Crippen LogP contribution is 2.24. The third-order valence-electron chi connectivity index (χ3n) is 4.75. The molecule has 0 saturated carbocycles. The fourth-order valence-electron chi connectivity index (χ4n) is 2.80. The molecule has 1 heterocycles. The Balaban J connectivity index is 1.97. The molecule has 5 N–H and O–H groups in total. The average molecular weight is 632 g/mol. The molecule has 206 valence electrons. The summed E-state index contributed by atoms with van der Waals surface area (Å²) >= 11 is 14.0. The van der Waals surface area contributed by atoms with Gasteiger partial charge in [0.15, 0.2) is 0 Å². The molecule has 9 nitrogen and oxygen atoms in total. The number of hydrogen-bond acceptors (Lipinski definition) is 12. The summed E-state index contributed by atoms with van der Waals surface area (Å²) in [7, 11) is 2.84. The van der Waals surface area contributed by atoms with E-state index in [9.17, 15) is 14.4 Å². The van der Waals surface area contributed by atoms with Crippen LogP contribution in [0.5, 0.6) is 0 Å². The van der Waals surface area contributed by atoms with Crippen molar-refractivity contribution in [2.24, 2.45) is 0 Å². The van der Waals surface area contributed by atoms with Crippen LogP contribution >= 0.6 is 71.2 Å². The lowest BCUT2D eigenvalue weighted by Crippen LogP contribution is -2.33. The minimum Gasteiger partial charge on any atom is -0.394 e. The molecule has 0 spiro atoms. The summed E-state index contributed by atoms with van der Waals surface area (Å²) in [6.45, 7) is 0.673. The van der Waals surface area contributed by atoms with Crippen LogP contribution in [0.15, 0.2) is 42.6 Å². The Morgan fingerprint density at radius 2 is 1.79 bits per heavy atom. The third kappa shape index (κ3) is 11.4. The highest BCUT2D eigenvalue weighted by molar-refractivity contribution is 8.76. The van der Waals surface area contributed by atoms with E-state index in [0.717, 1.165) is 5.56 Å². The van der Waals surface area contributed by atoms with Gasteiger partial charge in [-0.05, 0) is 33.5 Å². The summed E-state index contributed by atoms with van der Waals surface area (Å²) in [5.41, 5.74) is 1.93. The van der Waals surface area contributed by atoms with Crippen LogP contribution in [-0.2, 0) is 4.79 Å². The molecule has 0 unspecified atom stereocenters. The van der Waals surface area contributed by atoms with E-state index in [0.29, 0.717) is 41.5 Å². The molecule has 0 aliphatic rings. The number of aliphatic hydroxyl groups excluding tert-OH is 1. The molecule has 0 aliphatic carbocycles. The number of carbonyl (C=O) groups excluding carboxylic acids is 3. The first-order valence-corrected chi connectivity index (χ1v) is 16.2. The normalized spacial score (nSPS) is 12.4. The predicted octanol–water partition coefficient (Wildman–Crippen LogP) is 2.45. The fraction of sp³-hybridized carbons (Fsp3) is 0.348. The van der Waals surface area contributed by atoms with Gasteiger partial charge in [0.1, 0.15) is 5.69 Å². The number of carbonyl (C=O) groups is 3. The average Bonchev–Trinajstić information content (AvgIpc) is 2.94. The highest BCUT2D eigenvalue weighted by atomic mass is 33.1. The van der Waals surface area contributed by atoms with E-state index in [1.54, 1.807) is 6.07 Å². The van der Waals surface area contributed by atoms with Crippen molar-refractivity contribution < 1.29 is 19.5 Å². The van der Waals surface area contributed by atoms with E-state index in [1.165, 1.54) is 45.3 Å². The molecule has 0 radical (unpaired) electrons. The molecule has 38 heavy (non-hydrogen) atoms. The van der Waals surface area contributed by atoms with Gasteiger partial charge in [0.05, 0.1) is 24.3 Å². The molecule has 2 atom stereocenters. The van der Waals surface area contributed by atoms with Crippen LogP contribution in [0.3, 0.4) is 0 Å². The van der Waals surface area contributed by atoms with E-state index in [2.05, 4.69) is 50.3 Å². The standard InChI is InChI=1S/C23H29N5O4S6/c29-12-16(13-33)27-38-37-9-7-24-21(30)18-11-26-19(10-17(18)15-4-2-1-3-5-15)22(31)25-6-8-36-28-20(14-34)23(32)35/h1-5,10-11,13,16,20,27-29,34H,6-9,12,14H2,(H,24,30)(H,25,31)(H,32,35)/t16-,20+/m1/s1. The number of aliphatic hydroxyl groups is 1. The van der Waals surface area contributed by atoms with Gasteiger partial charge in [-0.2, -0.15) is 12.6 Å². The van der Waals surface area contributed by atoms with Gasteiger partial charge in [0.2, 0.25) is 5.12 Å². The van der Waals surface area contributed by atoms with Crippen LogP contribution in [0.2, 0.25) is 0 Å². The lowest BCUT2D eigenvalue weighted by molar-refractivity contribution is -0.111. The smallest absolute Gasteiger partial charge is 0.269 e. The number of hydrogen-bond donors (Lipinski definition) is 7. The van der Waals surface area contributed by atoms with Gasteiger partial charge in [0.25, 0.3) is 11.8 Å². The number of thiol groups is 2. The quantitative estimate of drug-likeness (QED) is 0.0431. The maximum atomic E-state index is 12.9. The zero-order chi connectivity index (χ0) is 27.8. The molecule has 1 aromatic carbocycles. The molecule has 1 aromatic heterocycles. The number of amides is 2. The largest absolute Gasteiger partial charge is 0.394 e. The van der Waals surface area contributed by atoms with Crippen LogP contribution in [-0.4, -0.2) is 81.4 Å². The molecule has 0 aliphatic heterocycles.